The molecule has 6 heteroatoms. The number of piperidine rings is 1. The molecule has 1 amide bonds. The van der Waals surface area contributed by atoms with Crippen LogP contribution in [0.15, 0.2) is 12.1 Å². The van der Waals surface area contributed by atoms with Gasteiger partial charge in [-0.05, 0) is 38.1 Å². The second-order valence-electron chi connectivity index (χ2n) is 4.76. The Morgan fingerprint density at radius 2 is 2.32 bits per heavy atom. The van der Waals surface area contributed by atoms with Crippen LogP contribution in [0.4, 0.5) is 5.82 Å². The van der Waals surface area contributed by atoms with Crippen LogP contribution in [0.3, 0.4) is 0 Å². The van der Waals surface area contributed by atoms with Crippen LogP contribution in [-0.2, 0) is 0 Å². The molecule has 0 bridgehead atoms. The average molecular weight is 263 g/mol. The van der Waals surface area contributed by atoms with Crippen molar-refractivity contribution in [3.05, 3.63) is 17.8 Å². The summed E-state index contributed by atoms with van der Waals surface area (Å²) in [5, 5.41) is 13.9. The molecule has 19 heavy (non-hydrogen) atoms. The van der Waals surface area contributed by atoms with Gasteiger partial charge in [-0.3, -0.25) is 4.79 Å². The highest BCUT2D eigenvalue weighted by Gasteiger charge is 2.18. The summed E-state index contributed by atoms with van der Waals surface area (Å²) in [6, 6.07) is 3.91. The molecule has 0 radical (unpaired) electrons. The zero-order valence-corrected chi connectivity index (χ0v) is 11.5. The van der Waals surface area contributed by atoms with E-state index in [0.29, 0.717) is 11.7 Å². The highest BCUT2D eigenvalue weighted by atomic mass is 16.1. The monoisotopic (exact) mass is 263 g/mol. The molecule has 0 aliphatic carbocycles. The van der Waals surface area contributed by atoms with Crippen LogP contribution in [0, 0.1) is 0 Å². The lowest BCUT2D eigenvalue weighted by Gasteiger charge is -2.32. The van der Waals surface area contributed by atoms with E-state index >= 15 is 0 Å². The quantitative estimate of drug-likeness (QED) is 0.838. The Kier molecular flexibility index (Phi) is 4.68. The van der Waals surface area contributed by atoms with Gasteiger partial charge in [-0.15, -0.1) is 10.2 Å². The van der Waals surface area contributed by atoms with Gasteiger partial charge in [0.15, 0.2) is 5.69 Å². The van der Waals surface area contributed by atoms with E-state index in [1.54, 1.807) is 13.1 Å². The maximum absolute atomic E-state index is 11.4. The first-order valence-corrected chi connectivity index (χ1v) is 6.77. The summed E-state index contributed by atoms with van der Waals surface area (Å²) >= 11 is 0. The molecule has 0 aromatic carbocycles. The van der Waals surface area contributed by atoms with Gasteiger partial charge in [0.25, 0.3) is 5.91 Å². The van der Waals surface area contributed by atoms with Crippen molar-refractivity contribution in [1.29, 1.82) is 0 Å². The molecule has 1 aromatic rings. The van der Waals surface area contributed by atoms with E-state index in [1.165, 1.54) is 13.0 Å². The number of nitrogens with zero attached hydrogens (tertiary/aromatic N) is 3. The number of anilines is 1. The molecule has 2 N–H and O–H groups in total. The summed E-state index contributed by atoms with van der Waals surface area (Å²) in [5.41, 5.74) is 0.340. The van der Waals surface area contributed by atoms with Crippen molar-refractivity contribution in [2.24, 2.45) is 0 Å². The summed E-state index contributed by atoms with van der Waals surface area (Å²) in [6.45, 7) is 5.48. The highest BCUT2D eigenvalue weighted by molar-refractivity contribution is 5.91. The summed E-state index contributed by atoms with van der Waals surface area (Å²) in [5.74, 6) is 0.518. The van der Waals surface area contributed by atoms with Gasteiger partial charge in [-0.2, -0.15) is 0 Å². The van der Waals surface area contributed by atoms with E-state index in [9.17, 15) is 4.79 Å². The predicted octanol–water partition coefficient (Wildman–Crippen LogP) is 0.732. The second-order valence-corrected chi connectivity index (χ2v) is 4.76. The second kappa shape index (κ2) is 6.47. The van der Waals surface area contributed by atoms with Gasteiger partial charge in [0.2, 0.25) is 0 Å². The van der Waals surface area contributed by atoms with Crippen molar-refractivity contribution in [2.45, 2.75) is 25.8 Å². The maximum Gasteiger partial charge on any atom is 0.271 e. The Hall–Kier alpha value is -1.69. The third-order valence-corrected chi connectivity index (χ3v) is 3.43. The van der Waals surface area contributed by atoms with Gasteiger partial charge in [-0.1, -0.05) is 6.92 Å². The van der Waals surface area contributed by atoms with Gasteiger partial charge in [0.05, 0.1) is 0 Å². The number of likely N-dealkylation sites (N-methyl/N-ethyl adjacent to an activating group) is 1. The smallest absolute Gasteiger partial charge is 0.271 e. The average Bonchev–Trinajstić information content (AvgIpc) is 2.47. The zero-order chi connectivity index (χ0) is 13.7. The molecule has 1 atom stereocenters. The number of hydrogen-bond acceptors (Lipinski definition) is 5. The molecule has 1 aromatic heterocycles. The number of nitrogens with one attached hydrogen (secondary N) is 2. The Balaban J connectivity index is 1.94. The van der Waals surface area contributed by atoms with Crippen molar-refractivity contribution >= 4 is 11.7 Å². The van der Waals surface area contributed by atoms with Crippen LogP contribution in [0.1, 0.15) is 30.3 Å². The fraction of sp³-hybridized carbons (Fsp3) is 0.615. The zero-order valence-electron chi connectivity index (χ0n) is 11.5. The summed E-state index contributed by atoms with van der Waals surface area (Å²) < 4.78 is 0. The molecule has 1 fully saturated rings. The molecule has 2 heterocycles. The molecule has 2 rings (SSSR count). The van der Waals surface area contributed by atoms with Crippen molar-refractivity contribution < 1.29 is 4.79 Å². The lowest BCUT2D eigenvalue weighted by molar-refractivity contribution is 0.0957. The standard InChI is InChI=1S/C13H21N5O/c1-3-18-8-4-5-10(9-18)15-12-7-6-11(16-17-12)13(19)14-2/h6-7,10H,3-5,8-9H2,1-2H3,(H,14,19)(H,15,17). The molecular weight excluding hydrogens is 242 g/mol. The van der Waals surface area contributed by atoms with E-state index < -0.39 is 0 Å². The molecule has 0 spiro atoms. The molecule has 1 aliphatic rings. The largest absolute Gasteiger partial charge is 0.365 e. The summed E-state index contributed by atoms with van der Waals surface area (Å²) in [4.78, 5) is 13.8. The minimum atomic E-state index is -0.214. The van der Waals surface area contributed by atoms with Crippen LogP contribution in [-0.4, -0.2) is 53.7 Å². The summed E-state index contributed by atoms with van der Waals surface area (Å²) in [7, 11) is 1.58. The minimum Gasteiger partial charge on any atom is -0.365 e. The first-order chi connectivity index (χ1) is 9.22. The fourth-order valence-electron chi connectivity index (χ4n) is 2.33. The number of hydrogen-bond donors (Lipinski definition) is 2. The normalized spacial score (nSPS) is 20.0. The predicted molar refractivity (Wildman–Crippen MR) is 74.2 cm³/mol. The Bertz CT molecular complexity index is 420. The third-order valence-electron chi connectivity index (χ3n) is 3.43. The third kappa shape index (κ3) is 3.64. The van der Waals surface area contributed by atoms with Crippen molar-refractivity contribution in [1.82, 2.24) is 20.4 Å². The SMILES string of the molecule is CCN1CCCC(Nc2ccc(C(=O)NC)nn2)C1. The van der Waals surface area contributed by atoms with Gasteiger partial charge in [0.1, 0.15) is 5.82 Å². The molecule has 1 unspecified atom stereocenters. The molecule has 6 nitrogen and oxygen atoms in total. The van der Waals surface area contributed by atoms with E-state index in [4.69, 9.17) is 0 Å². The molecular formula is C13H21N5O. The van der Waals surface area contributed by atoms with Gasteiger partial charge >= 0.3 is 0 Å². The number of rotatable bonds is 4. The number of carbonyl (C=O) groups is 1. The van der Waals surface area contributed by atoms with E-state index in [2.05, 4.69) is 32.7 Å². The topological polar surface area (TPSA) is 70.2 Å². The Morgan fingerprint density at radius 3 is 2.95 bits per heavy atom. The van der Waals surface area contributed by atoms with Crippen LogP contribution in [0.25, 0.3) is 0 Å². The highest BCUT2D eigenvalue weighted by Crippen LogP contribution is 2.14. The molecule has 104 valence electrons. The van der Waals surface area contributed by atoms with Crippen LogP contribution in [0.2, 0.25) is 0 Å². The van der Waals surface area contributed by atoms with Crippen molar-refractivity contribution in [2.75, 3.05) is 32.0 Å². The van der Waals surface area contributed by atoms with Crippen LogP contribution >= 0.6 is 0 Å². The Labute approximate surface area is 113 Å². The van der Waals surface area contributed by atoms with Gasteiger partial charge in [-0.25, -0.2) is 0 Å². The summed E-state index contributed by atoms with van der Waals surface area (Å²) in [6.07, 6.45) is 2.35. The first kappa shape index (κ1) is 13.7. The van der Waals surface area contributed by atoms with Gasteiger partial charge in [0, 0.05) is 19.6 Å². The van der Waals surface area contributed by atoms with E-state index in [-0.39, 0.29) is 5.91 Å². The number of carbonyl (C=O) groups excluding carboxylic acids is 1. The number of aromatic nitrogens is 2. The van der Waals surface area contributed by atoms with Crippen molar-refractivity contribution in [3.8, 4) is 0 Å². The van der Waals surface area contributed by atoms with Crippen molar-refractivity contribution in [3.63, 3.8) is 0 Å². The lowest BCUT2D eigenvalue weighted by atomic mass is 10.1. The lowest BCUT2D eigenvalue weighted by Crippen LogP contribution is -2.42. The van der Waals surface area contributed by atoms with Crippen LogP contribution < -0.4 is 10.6 Å². The number of amides is 1. The van der Waals surface area contributed by atoms with E-state index in [0.717, 1.165) is 25.3 Å². The maximum atomic E-state index is 11.4. The Morgan fingerprint density at radius 1 is 1.47 bits per heavy atom. The fourth-order valence-corrected chi connectivity index (χ4v) is 2.33. The minimum absolute atomic E-state index is 0.214. The molecule has 1 saturated heterocycles. The van der Waals surface area contributed by atoms with Crippen LogP contribution in [0.5, 0.6) is 0 Å². The molecule has 0 saturated carbocycles. The van der Waals surface area contributed by atoms with E-state index in [1.807, 2.05) is 6.07 Å². The number of likely N-dealkylation sites (tertiary alicyclic amines) is 1. The first-order valence-electron chi connectivity index (χ1n) is 6.77. The van der Waals surface area contributed by atoms with Gasteiger partial charge < -0.3 is 15.5 Å². The molecule has 1 aliphatic heterocycles.